The molecule has 0 saturated carbocycles. The van der Waals surface area contributed by atoms with Gasteiger partial charge in [0.1, 0.15) is 11.2 Å². The maximum absolute atomic E-state index is 9.35. The van der Waals surface area contributed by atoms with E-state index in [4.69, 9.17) is 18.1 Å². The smallest absolute Gasteiger partial charge is 0.143 e. The number of benzene rings is 7. The largest absolute Gasteiger partial charge is 0.455 e. The van der Waals surface area contributed by atoms with Gasteiger partial charge in [-0.1, -0.05) is 139 Å². The van der Waals surface area contributed by atoms with Gasteiger partial charge >= 0.3 is 0 Å². The summed E-state index contributed by atoms with van der Waals surface area (Å²) in [5.41, 5.74) is 1.93. The van der Waals surface area contributed by atoms with Gasteiger partial charge in [0.25, 0.3) is 0 Å². The molecule has 0 atom stereocenters. The molecule has 0 aliphatic heterocycles. The molecule has 8 rings (SSSR count). The van der Waals surface area contributed by atoms with Crippen LogP contribution in [0, 0.1) is 0 Å². The van der Waals surface area contributed by atoms with Crippen LogP contribution in [0.25, 0.3) is 76.9 Å². The van der Waals surface area contributed by atoms with Gasteiger partial charge in [-0.25, -0.2) is 0 Å². The van der Waals surface area contributed by atoms with Crippen molar-refractivity contribution in [2.45, 2.75) is 0 Å². The van der Waals surface area contributed by atoms with E-state index in [1.165, 1.54) is 0 Å². The first kappa shape index (κ1) is 13.6. The van der Waals surface area contributed by atoms with E-state index in [1.54, 1.807) is 72.8 Å². The Morgan fingerprint density at radius 2 is 1.03 bits per heavy atom. The number of furan rings is 1. The van der Waals surface area contributed by atoms with Crippen LogP contribution in [0.3, 0.4) is 0 Å². The third kappa shape index (κ3) is 3.34. The molecule has 0 aliphatic rings. The summed E-state index contributed by atoms with van der Waals surface area (Å²) in [5, 5.41) is 2.44. The molecule has 1 heteroatoms. The van der Waals surface area contributed by atoms with Gasteiger partial charge in [-0.05, 0) is 55.4 Å². The van der Waals surface area contributed by atoms with E-state index in [9.17, 15) is 1.37 Å². The molecule has 39 heavy (non-hydrogen) atoms. The van der Waals surface area contributed by atoms with Gasteiger partial charge in [0.15, 0.2) is 0 Å². The fraction of sp³-hybridized carbons (Fsp3) is 0. The molecule has 1 heterocycles. The Labute approximate surface area is 242 Å². The second kappa shape index (κ2) is 8.72. The summed E-state index contributed by atoms with van der Waals surface area (Å²) in [6.45, 7) is 0. The molecule has 0 amide bonds. The van der Waals surface area contributed by atoms with Gasteiger partial charge in [-0.2, -0.15) is 0 Å². The highest BCUT2D eigenvalue weighted by molar-refractivity contribution is 6.26. The lowest BCUT2D eigenvalue weighted by molar-refractivity contribution is 0.670. The molecule has 182 valence electrons. The zero-order valence-electron chi connectivity index (χ0n) is 31.4. The van der Waals surface area contributed by atoms with Gasteiger partial charge in [0.2, 0.25) is 0 Å². The average molecular weight is 508 g/mol. The Balaban J connectivity index is 1.63. The molecule has 7 aromatic carbocycles. The fourth-order valence-electron chi connectivity index (χ4n) is 5.52. The lowest BCUT2D eigenvalue weighted by atomic mass is 9.85. The lowest BCUT2D eigenvalue weighted by Gasteiger charge is -2.18. The minimum absolute atomic E-state index is 0.0189. The van der Waals surface area contributed by atoms with Crippen molar-refractivity contribution in [2.24, 2.45) is 0 Å². The third-order valence-corrected chi connectivity index (χ3v) is 7.12. The standard InChI is InChI=1S/C38H24O/c1-3-13-25(14-4-1)27-21-11-23-33-37-32(22-12-24-34(37)39-38(27)33)36-30-19-9-7-17-28(30)35(26-15-5-2-6-16-26)29-18-8-10-20-31(29)36/h1-24H/i2D,5D,6D,11D,12D,15D,16D,21D,22D,23D,24D. The van der Waals surface area contributed by atoms with Crippen LogP contribution >= 0.6 is 0 Å². The molecule has 0 bridgehead atoms. The predicted molar refractivity (Wildman–Crippen MR) is 165 cm³/mol. The first-order chi connectivity index (χ1) is 24.0. The quantitative estimate of drug-likeness (QED) is 0.217. The highest BCUT2D eigenvalue weighted by Gasteiger charge is 2.20. The van der Waals surface area contributed by atoms with Crippen molar-refractivity contribution < 1.29 is 19.5 Å². The van der Waals surface area contributed by atoms with Gasteiger partial charge in [-0.3, -0.25) is 0 Å². The monoisotopic (exact) mass is 507 g/mol. The van der Waals surface area contributed by atoms with Gasteiger partial charge in [0.05, 0.1) is 15.1 Å². The topological polar surface area (TPSA) is 13.1 Å². The van der Waals surface area contributed by atoms with Crippen LogP contribution in [0.15, 0.2) is 150 Å². The van der Waals surface area contributed by atoms with Crippen molar-refractivity contribution in [2.75, 3.05) is 0 Å². The van der Waals surface area contributed by atoms with Crippen molar-refractivity contribution >= 4 is 43.5 Å². The van der Waals surface area contributed by atoms with E-state index < -0.39 is 24.2 Å². The van der Waals surface area contributed by atoms with Crippen LogP contribution in [-0.4, -0.2) is 0 Å². The summed E-state index contributed by atoms with van der Waals surface area (Å²) in [7, 11) is 0. The molecule has 0 aliphatic carbocycles. The Morgan fingerprint density at radius 1 is 0.436 bits per heavy atom. The van der Waals surface area contributed by atoms with Crippen molar-refractivity contribution in [3.8, 4) is 33.4 Å². The van der Waals surface area contributed by atoms with Crippen LogP contribution in [0.1, 0.15) is 15.1 Å². The highest BCUT2D eigenvalue weighted by Crippen LogP contribution is 2.47. The van der Waals surface area contributed by atoms with Gasteiger partial charge in [-0.15, -0.1) is 0 Å². The molecule has 0 N–H and O–H groups in total. The Hall–Kier alpha value is -5.14. The number of para-hydroxylation sites is 1. The van der Waals surface area contributed by atoms with E-state index >= 15 is 0 Å². The molecule has 1 nitrogen and oxygen atoms in total. The Kier molecular flexibility index (Phi) is 3.04. The first-order valence-electron chi connectivity index (χ1n) is 18.0. The second-order valence-corrected chi connectivity index (χ2v) is 9.22. The van der Waals surface area contributed by atoms with E-state index in [2.05, 4.69) is 0 Å². The molecule has 0 radical (unpaired) electrons. The molecule has 1 aromatic heterocycles. The molecular formula is C38H24O. The molecule has 0 saturated heterocycles. The summed E-state index contributed by atoms with van der Waals surface area (Å²) in [6.07, 6.45) is 0. The average Bonchev–Trinajstić information content (AvgIpc) is 3.52. The Bertz CT molecular complexity index is 2680. The molecular weight excluding hydrogens is 472 g/mol. The fourth-order valence-corrected chi connectivity index (χ4v) is 5.52. The van der Waals surface area contributed by atoms with E-state index in [1.807, 2.05) is 6.07 Å². The van der Waals surface area contributed by atoms with Crippen LogP contribution in [0.5, 0.6) is 0 Å². The van der Waals surface area contributed by atoms with Crippen LogP contribution < -0.4 is 0 Å². The molecule has 8 aromatic rings. The van der Waals surface area contributed by atoms with Gasteiger partial charge < -0.3 is 4.42 Å². The lowest BCUT2D eigenvalue weighted by Crippen LogP contribution is -1.91. The zero-order valence-corrected chi connectivity index (χ0v) is 20.4. The SMILES string of the molecule is [2H]c1c([2H])c([2H])c(-c2c3ccccc3c(-c3c([2H])c([2H])c([2H])c4oc5c(-c6ccccc6)c([2H])c([2H])c([2H])c5c34)c3ccccc23)c([2H])c1[2H]. The normalized spacial score (nSPS) is 15.5. The summed E-state index contributed by atoms with van der Waals surface area (Å²) in [5.74, 6) is 0. The number of hydrogen-bond donors (Lipinski definition) is 0. The summed E-state index contributed by atoms with van der Waals surface area (Å²) in [6, 6.07) is 18.9. The zero-order chi connectivity index (χ0) is 35.3. The van der Waals surface area contributed by atoms with Crippen molar-refractivity contribution in [3.05, 3.63) is 145 Å². The minimum Gasteiger partial charge on any atom is -0.455 e. The number of fused-ring (bicyclic) bond motifs is 5. The van der Waals surface area contributed by atoms with E-state index in [0.717, 1.165) is 0 Å². The summed E-state index contributed by atoms with van der Waals surface area (Å²) in [4.78, 5) is 0. The number of rotatable bonds is 3. The second-order valence-electron chi connectivity index (χ2n) is 9.22. The van der Waals surface area contributed by atoms with Gasteiger partial charge in [0, 0.05) is 16.3 Å². The number of hydrogen-bond acceptors (Lipinski definition) is 1. The van der Waals surface area contributed by atoms with Crippen molar-refractivity contribution in [3.63, 3.8) is 0 Å². The maximum Gasteiger partial charge on any atom is 0.143 e. The van der Waals surface area contributed by atoms with E-state index in [-0.39, 0.29) is 80.9 Å². The van der Waals surface area contributed by atoms with Crippen molar-refractivity contribution in [1.82, 2.24) is 0 Å². The Morgan fingerprint density at radius 3 is 1.72 bits per heavy atom. The predicted octanol–water partition coefficient (Wildman–Crippen LogP) is 10.9. The van der Waals surface area contributed by atoms with Crippen LogP contribution in [0.4, 0.5) is 0 Å². The summed E-state index contributed by atoms with van der Waals surface area (Å²) >= 11 is 0. The molecule has 0 spiro atoms. The van der Waals surface area contributed by atoms with Crippen LogP contribution in [0.2, 0.25) is 0 Å². The molecule has 0 unspecified atom stereocenters. The summed E-state index contributed by atoms with van der Waals surface area (Å²) < 4.78 is 103. The van der Waals surface area contributed by atoms with Crippen LogP contribution in [-0.2, 0) is 0 Å². The van der Waals surface area contributed by atoms with Crippen molar-refractivity contribution in [1.29, 1.82) is 0 Å². The maximum atomic E-state index is 9.35. The first-order valence-corrected chi connectivity index (χ1v) is 12.5. The van der Waals surface area contributed by atoms with E-state index in [0.29, 0.717) is 38.2 Å². The third-order valence-electron chi connectivity index (χ3n) is 7.12. The molecule has 0 fully saturated rings. The highest BCUT2D eigenvalue weighted by atomic mass is 16.3. The minimum atomic E-state index is -0.508.